The van der Waals surface area contributed by atoms with Crippen molar-refractivity contribution in [1.82, 2.24) is 0 Å². The second kappa shape index (κ2) is 4.02. The summed E-state index contributed by atoms with van der Waals surface area (Å²) in [5, 5.41) is 9.27. The lowest BCUT2D eigenvalue weighted by Gasteiger charge is -2.27. The van der Waals surface area contributed by atoms with E-state index in [1.807, 2.05) is 0 Å². The molecule has 2 rings (SSSR count). The van der Waals surface area contributed by atoms with E-state index in [2.05, 4.69) is 31.2 Å². The predicted molar refractivity (Wildman–Crippen MR) is 68.9 cm³/mol. The van der Waals surface area contributed by atoms with Crippen molar-refractivity contribution < 1.29 is 9.90 Å². The zero-order valence-corrected chi connectivity index (χ0v) is 10.6. The van der Waals surface area contributed by atoms with Crippen LogP contribution >= 0.6 is 0 Å². The first-order valence-corrected chi connectivity index (χ1v) is 5.96. The Kier molecular flexibility index (Phi) is 2.82. The maximum Gasteiger partial charge on any atom is 0.313 e. The van der Waals surface area contributed by atoms with Gasteiger partial charge in [-0.2, -0.15) is 0 Å². The molecule has 90 valence electrons. The first-order chi connectivity index (χ1) is 7.93. The average molecular weight is 230 g/mol. The highest BCUT2D eigenvalue weighted by Gasteiger charge is 2.32. The predicted octanol–water partition coefficient (Wildman–Crippen LogP) is 3.44. The molecule has 0 aromatic heterocycles. The molecule has 1 aliphatic rings. The Morgan fingerprint density at radius 2 is 2.00 bits per heavy atom. The number of aliphatic carboxylic acids is 1. The van der Waals surface area contributed by atoms with Gasteiger partial charge in [-0.05, 0) is 50.3 Å². The first-order valence-electron chi connectivity index (χ1n) is 5.96. The molecule has 0 fully saturated rings. The highest BCUT2D eigenvalue weighted by molar-refractivity contribution is 5.81. The van der Waals surface area contributed by atoms with E-state index < -0.39 is 11.4 Å². The quantitative estimate of drug-likeness (QED) is 0.845. The van der Waals surface area contributed by atoms with E-state index in [4.69, 9.17) is 0 Å². The fourth-order valence-electron chi connectivity index (χ4n) is 2.31. The molecule has 0 bridgehead atoms. The Hall–Kier alpha value is -1.57. The van der Waals surface area contributed by atoms with Crippen LogP contribution in [0.4, 0.5) is 0 Å². The third-order valence-electron chi connectivity index (χ3n) is 3.73. The summed E-state index contributed by atoms with van der Waals surface area (Å²) in [7, 11) is 0. The fraction of sp³-hybridized carbons (Fsp3) is 0.400. The second-order valence-electron chi connectivity index (χ2n) is 5.25. The minimum Gasteiger partial charge on any atom is -0.481 e. The van der Waals surface area contributed by atoms with Crippen LogP contribution in [0.1, 0.15) is 37.0 Å². The number of fused-ring (bicyclic) bond motifs is 1. The molecule has 0 amide bonds. The molecule has 2 heteroatoms. The molecular formula is C15H18O2. The van der Waals surface area contributed by atoms with Crippen LogP contribution in [0.3, 0.4) is 0 Å². The molecule has 0 heterocycles. The monoisotopic (exact) mass is 230 g/mol. The molecule has 0 unspecified atom stereocenters. The number of carboxylic acid groups (broad SMARTS) is 1. The smallest absolute Gasteiger partial charge is 0.313 e. The second-order valence-corrected chi connectivity index (χ2v) is 5.25. The average Bonchev–Trinajstić information content (AvgIpc) is 2.29. The number of carbonyl (C=O) groups is 1. The van der Waals surface area contributed by atoms with E-state index in [1.54, 1.807) is 13.8 Å². The van der Waals surface area contributed by atoms with Gasteiger partial charge in [0.05, 0.1) is 5.41 Å². The molecule has 0 spiro atoms. The van der Waals surface area contributed by atoms with Crippen LogP contribution in [0.25, 0.3) is 6.08 Å². The summed E-state index contributed by atoms with van der Waals surface area (Å²) in [5.74, 6) is -0.749. The van der Waals surface area contributed by atoms with Gasteiger partial charge in [-0.25, -0.2) is 0 Å². The maximum atomic E-state index is 11.3. The van der Waals surface area contributed by atoms with Crippen molar-refractivity contribution in [3.63, 3.8) is 0 Å². The number of hydrogen-bond acceptors (Lipinski definition) is 1. The largest absolute Gasteiger partial charge is 0.481 e. The molecule has 1 aromatic rings. The summed E-state index contributed by atoms with van der Waals surface area (Å²) in [4.78, 5) is 11.3. The summed E-state index contributed by atoms with van der Waals surface area (Å²) in [6.45, 7) is 5.64. The van der Waals surface area contributed by atoms with Gasteiger partial charge in [0.1, 0.15) is 0 Å². The Bertz CT molecular complexity index is 496. The van der Waals surface area contributed by atoms with E-state index in [0.29, 0.717) is 0 Å². The summed E-state index contributed by atoms with van der Waals surface area (Å²) in [6, 6.07) is 6.27. The van der Waals surface area contributed by atoms with Gasteiger partial charge in [0, 0.05) is 0 Å². The molecule has 0 saturated heterocycles. The third kappa shape index (κ3) is 1.99. The van der Waals surface area contributed by atoms with Crippen LogP contribution < -0.4 is 0 Å². The summed E-state index contributed by atoms with van der Waals surface area (Å²) < 4.78 is 0. The molecule has 1 aromatic carbocycles. The third-order valence-corrected chi connectivity index (χ3v) is 3.73. The van der Waals surface area contributed by atoms with Gasteiger partial charge in [-0.15, -0.1) is 0 Å². The van der Waals surface area contributed by atoms with Crippen molar-refractivity contribution in [3.05, 3.63) is 40.5 Å². The molecule has 2 nitrogen and oxygen atoms in total. The van der Waals surface area contributed by atoms with E-state index in [1.165, 1.54) is 16.7 Å². The maximum absolute atomic E-state index is 11.3. The molecule has 0 radical (unpaired) electrons. The highest BCUT2D eigenvalue weighted by Crippen LogP contribution is 2.36. The fourth-order valence-corrected chi connectivity index (χ4v) is 2.31. The van der Waals surface area contributed by atoms with Crippen molar-refractivity contribution in [1.29, 1.82) is 0 Å². The van der Waals surface area contributed by atoms with Gasteiger partial charge >= 0.3 is 5.97 Å². The minimum atomic E-state index is -0.764. The highest BCUT2D eigenvalue weighted by atomic mass is 16.4. The van der Waals surface area contributed by atoms with E-state index in [0.717, 1.165) is 18.4 Å². The van der Waals surface area contributed by atoms with Crippen LogP contribution in [0, 0.1) is 12.3 Å². The summed E-state index contributed by atoms with van der Waals surface area (Å²) in [5.41, 5.74) is 4.02. The summed E-state index contributed by atoms with van der Waals surface area (Å²) >= 11 is 0. The van der Waals surface area contributed by atoms with Gasteiger partial charge in [0.15, 0.2) is 0 Å². The van der Waals surface area contributed by atoms with Gasteiger partial charge in [0.2, 0.25) is 0 Å². The molecule has 1 aliphatic carbocycles. The zero-order valence-electron chi connectivity index (χ0n) is 10.6. The van der Waals surface area contributed by atoms with Crippen LogP contribution in [0.5, 0.6) is 0 Å². The van der Waals surface area contributed by atoms with Crippen molar-refractivity contribution in [2.45, 2.75) is 33.6 Å². The molecule has 1 N–H and O–H groups in total. The van der Waals surface area contributed by atoms with Crippen LogP contribution in [0.2, 0.25) is 0 Å². The first kappa shape index (κ1) is 11.9. The lowest BCUT2D eigenvalue weighted by molar-refractivity contribution is -0.144. The number of rotatable bonds is 2. The number of carboxylic acids is 1. The summed E-state index contributed by atoms with van der Waals surface area (Å²) in [6.07, 6.45) is 3.86. The Morgan fingerprint density at radius 3 is 2.65 bits per heavy atom. The van der Waals surface area contributed by atoms with Gasteiger partial charge in [-0.3, -0.25) is 4.79 Å². The lowest BCUT2D eigenvalue weighted by atomic mass is 9.76. The molecule has 17 heavy (non-hydrogen) atoms. The zero-order chi connectivity index (χ0) is 12.6. The van der Waals surface area contributed by atoms with Gasteiger partial charge < -0.3 is 5.11 Å². The van der Waals surface area contributed by atoms with Crippen molar-refractivity contribution in [2.75, 3.05) is 0 Å². The van der Waals surface area contributed by atoms with Crippen LogP contribution in [0.15, 0.2) is 23.8 Å². The minimum absolute atomic E-state index is 0.749. The Labute approximate surface area is 102 Å². The van der Waals surface area contributed by atoms with E-state index in [-0.39, 0.29) is 0 Å². The van der Waals surface area contributed by atoms with Crippen molar-refractivity contribution >= 4 is 12.0 Å². The molecular weight excluding hydrogens is 212 g/mol. The van der Waals surface area contributed by atoms with Crippen LogP contribution in [-0.4, -0.2) is 11.1 Å². The SMILES string of the molecule is Cc1cccc2c1C=C(C(C)(C)C(=O)O)CC2. The molecule has 0 atom stereocenters. The molecule has 0 saturated carbocycles. The number of hydrogen-bond donors (Lipinski definition) is 1. The standard InChI is InChI=1S/C15H18O2/c1-10-5-4-6-11-7-8-12(9-13(10)11)15(2,3)14(16)17/h4-6,9H,7-8H2,1-3H3,(H,16,17). The van der Waals surface area contributed by atoms with Gasteiger partial charge in [-0.1, -0.05) is 29.8 Å². The topological polar surface area (TPSA) is 37.3 Å². The van der Waals surface area contributed by atoms with E-state index >= 15 is 0 Å². The van der Waals surface area contributed by atoms with Crippen LogP contribution in [-0.2, 0) is 11.2 Å². The number of benzene rings is 1. The van der Waals surface area contributed by atoms with E-state index in [9.17, 15) is 9.90 Å². The Morgan fingerprint density at radius 1 is 1.29 bits per heavy atom. The Balaban J connectivity index is 2.49. The van der Waals surface area contributed by atoms with Crippen molar-refractivity contribution in [2.24, 2.45) is 5.41 Å². The lowest BCUT2D eigenvalue weighted by Crippen LogP contribution is -2.27. The normalized spacial score (nSPS) is 15.1. The number of aryl methyl sites for hydroxylation is 2. The molecule has 0 aliphatic heterocycles. The van der Waals surface area contributed by atoms with Crippen molar-refractivity contribution in [3.8, 4) is 0 Å². The van der Waals surface area contributed by atoms with Gasteiger partial charge in [0.25, 0.3) is 0 Å².